The number of thiophene rings is 2. The lowest BCUT2D eigenvalue weighted by Gasteiger charge is -2.03. The van der Waals surface area contributed by atoms with Gasteiger partial charge >= 0.3 is 0 Å². The molecule has 0 fully saturated rings. The molecule has 0 aliphatic heterocycles. The summed E-state index contributed by atoms with van der Waals surface area (Å²) in [6.07, 6.45) is 1.07. The summed E-state index contributed by atoms with van der Waals surface area (Å²) in [5.74, 6) is -0.126. The van der Waals surface area contributed by atoms with Crippen molar-refractivity contribution in [3.63, 3.8) is 0 Å². The third-order valence-electron chi connectivity index (χ3n) is 2.98. The molecule has 9 heteroatoms. The second-order valence-corrected chi connectivity index (χ2v) is 8.70. The molecular formula is C14H16N2O4S3. The van der Waals surface area contributed by atoms with Crippen molar-refractivity contribution in [1.82, 2.24) is 5.32 Å². The highest BCUT2D eigenvalue weighted by atomic mass is 32.2. The van der Waals surface area contributed by atoms with Crippen molar-refractivity contribution < 1.29 is 18.0 Å². The van der Waals surface area contributed by atoms with Crippen LogP contribution in [0.25, 0.3) is 0 Å². The number of primary sulfonamides is 1. The average molecular weight is 372 g/mol. The molecule has 0 unspecified atom stereocenters. The molecule has 0 spiro atoms. The van der Waals surface area contributed by atoms with Gasteiger partial charge in [-0.1, -0.05) is 6.07 Å². The molecule has 0 aliphatic rings. The predicted octanol–water partition coefficient (Wildman–Crippen LogP) is 2.13. The molecule has 0 atom stereocenters. The standard InChI is InChI=1S/C14H16N2O4S3/c15-23(19,20)14-7-6-10(22-14)9-16-13(18)5-1-3-11(17)12-4-2-8-21-12/h2,4,6-8H,1,3,5,9H2,(H,16,18)(H2,15,19,20). The number of hydrogen-bond donors (Lipinski definition) is 2. The molecule has 2 heterocycles. The zero-order valence-corrected chi connectivity index (χ0v) is 14.6. The van der Waals surface area contributed by atoms with E-state index in [9.17, 15) is 18.0 Å². The van der Waals surface area contributed by atoms with Crippen LogP contribution in [0.1, 0.15) is 33.8 Å². The Labute approximate surface area is 142 Å². The van der Waals surface area contributed by atoms with Crippen molar-refractivity contribution in [2.75, 3.05) is 0 Å². The Kier molecular flexibility index (Phi) is 6.05. The van der Waals surface area contributed by atoms with Crippen LogP contribution in [0.15, 0.2) is 33.9 Å². The van der Waals surface area contributed by atoms with Gasteiger partial charge in [0.1, 0.15) is 4.21 Å². The summed E-state index contributed by atoms with van der Waals surface area (Å²) in [7, 11) is -3.70. The summed E-state index contributed by atoms with van der Waals surface area (Å²) in [5, 5.41) is 9.57. The van der Waals surface area contributed by atoms with Gasteiger partial charge in [0.05, 0.1) is 11.4 Å². The third kappa shape index (κ3) is 5.54. The molecular weight excluding hydrogens is 356 g/mol. The smallest absolute Gasteiger partial charge is 0.247 e. The minimum absolute atomic E-state index is 0.0452. The first-order valence-electron chi connectivity index (χ1n) is 6.81. The normalized spacial score (nSPS) is 11.3. The lowest BCUT2D eigenvalue weighted by Crippen LogP contribution is -2.22. The van der Waals surface area contributed by atoms with Gasteiger partial charge in [0.2, 0.25) is 15.9 Å². The molecule has 6 nitrogen and oxygen atoms in total. The van der Waals surface area contributed by atoms with E-state index in [4.69, 9.17) is 5.14 Å². The molecule has 2 aromatic rings. The maximum Gasteiger partial charge on any atom is 0.247 e. The number of nitrogens with one attached hydrogen (secondary N) is 1. The third-order valence-corrected chi connectivity index (χ3v) is 6.42. The largest absolute Gasteiger partial charge is 0.351 e. The van der Waals surface area contributed by atoms with Gasteiger partial charge in [0.25, 0.3) is 0 Å². The molecule has 0 bridgehead atoms. The average Bonchev–Trinajstić information content (AvgIpc) is 3.15. The Hall–Kier alpha value is -1.55. The first-order chi connectivity index (χ1) is 10.9. The fraction of sp³-hybridized carbons (Fsp3) is 0.286. The van der Waals surface area contributed by atoms with Crippen molar-refractivity contribution in [2.24, 2.45) is 5.14 Å². The summed E-state index contributed by atoms with van der Waals surface area (Å²) >= 11 is 2.42. The fourth-order valence-corrected chi connectivity index (χ4v) is 4.26. The van der Waals surface area contributed by atoms with Crippen LogP contribution in [-0.2, 0) is 21.4 Å². The maximum absolute atomic E-state index is 11.8. The van der Waals surface area contributed by atoms with Crippen molar-refractivity contribution in [3.05, 3.63) is 39.4 Å². The zero-order valence-electron chi connectivity index (χ0n) is 12.2. The second-order valence-electron chi connectivity index (χ2n) is 4.80. The fourth-order valence-electron chi connectivity index (χ4n) is 1.85. The van der Waals surface area contributed by atoms with Crippen LogP contribution in [0.3, 0.4) is 0 Å². The highest BCUT2D eigenvalue weighted by molar-refractivity contribution is 7.91. The molecule has 0 saturated carbocycles. The van der Waals surface area contributed by atoms with Crippen LogP contribution in [0, 0.1) is 0 Å². The number of Topliss-reactive ketones (excluding diaryl/α,β-unsaturated/α-hetero) is 1. The zero-order chi connectivity index (χ0) is 16.9. The number of rotatable bonds is 8. The number of nitrogens with two attached hydrogens (primary N) is 1. The molecule has 3 N–H and O–H groups in total. The molecule has 124 valence electrons. The van der Waals surface area contributed by atoms with Gasteiger partial charge in [-0.05, 0) is 30.0 Å². The van der Waals surface area contributed by atoms with Gasteiger partial charge < -0.3 is 5.32 Å². The lowest BCUT2D eigenvalue weighted by atomic mass is 10.1. The molecule has 0 radical (unpaired) electrons. The quantitative estimate of drug-likeness (QED) is 0.692. The molecule has 2 aromatic heterocycles. The minimum Gasteiger partial charge on any atom is -0.351 e. The first kappa shape index (κ1) is 17.8. The summed E-state index contributed by atoms with van der Waals surface area (Å²) < 4.78 is 22.4. The first-order valence-corrected chi connectivity index (χ1v) is 10.1. The Morgan fingerprint density at radius 2 is 1.96 bits per heavy atom. The molecule has 2 rings (SSSR count). The van der Waals surface area contributed by atoms with Crippen LogP contribution in [0.4, 0.5) is 0 Å². The SMILES string of the molecule is NS(=O)(=O)c1ccc(CNC(=O)CCCC(=O)c2cccs2)s1. The van der Waals surface area contributed by atoms with E-state index in [0.29, 0.717) is 22.6 Å². The van der Waals surface area contributed by atoms with E-state index < -0.39 is 10.0 Å². The Morgan fingerprint density at radius 1 is 1.17 bits per heavy atom. The predicted molar refractivity (Wildman–Crippen MR) is 90.0 cm³/mol. The van der Waals surface area contributed by atoms with Gasteiger partial charge in [-0.25, -0.2) is 13.6 Å². The second kappa shape index (κ2) is 7.82. The Bertz CT molecular complexity index is 779. The van der Waals surface area contributed by atoms with E-state index in [2.05, 4.69) is 5.32 Å². The molecule has 0 aromatic carbocycles. The van der Waals surface area contributed by atoms with Crippen molar-refractivity contribution in [1.29, 1.82) is 0 Å². The van der Waals surface area contributed by atoms with E-state index in [0.717, 1.165) is 11.3 Å². The van der Waals surface area contributed by atoms with Crippen molar-refractivity contribution in [2.45, 2.75) is 30.0 Å². The van der Waals surface area contributed by atoms with Crippen LogP contribution in [-0.4, -0.2) is 20.1 Å². The number of carbonyl (C=O) groups is 2. The minimum atomic E-state index is -3.70. The van der Waals surface area contributed by atoms with E-state index in [1.54, 1.807) is 12.1 Å². The van der Waals surface area contributed by atoms with E-state index in [-0.39, 0.29) is 28.9 Å². The van der Waals surface area contributed by atoms with E-state index >= 15 is 0 Å². The van der Waals surface area contributed by atoms with Gasteiger partial charge in [-0.15, -0.1) is 22.7 Å². The Morgan fingerprint density at radius 3 is 2.57 bits per heavy atom. The van der Waals surface area contributed by atoms with Gasteiger partial charge in [0.15, 0.2) is 5.78 Å². The van der Waals surface area contributed by atoms with Gasteiger partial charge in [-0.3, -0.25) is 9.59 Å². The number of sulfonamides is 1. The van der Waals surface area contributed by atoms with Crippen LogP contribution in [0.5, 0.6) is 0 Å². The molecule has 23 heavy (non-hydrogen) atoms. The Balaban J connectivity index is 1.71. The van der Waals surface area contributed by atoms with E-state index in [1.165, 1.54) is 17.4 Å². The molecule has 0 aliphatic carbocycles. The van der Waals surface area contributed by atoms with Gasteiger partial charge in [0, 0.05) is 17.7 Å². The summed E-state index contributed by atoms with van der Waals surface area (Å²) in [5.41, 5.74) is 0. The lowest BCUT2D eigenvalue weighted by molar-refractivity contribution is -0.121. The number of carbonyl (C=O) groups excluding carboxylic acids is 2. The van der Waals surface area contributed by atoms with Crippen molar-refractivity contribution in [3.8, 4) is 0 Å². The molecule has 0 saturated heterocycles. The number of hydrogen-bond acceptors (Lipinski definition) is 6. The maximum atomic E-state index is 11.8. The van der Waals surface area contributed by atoms with E-state index in [1.807, 2.05) is 11.4 Å². The highest BCUT2D eigenvalue weighted by Crippen LogP contribution is 2.20. The highest BCUT2D eigenvalue weighted by Gasteiger charge is 2.12. The van der Waals surface area contributed by atoms with Crippen LogP contribution < -0.4 is 10.5 Å². The monoisotopic (exact) mass is 372 g/mol. The number of amides is 1. The summed E-state index contributed by atoms with van der Waals surface area (Å²) in [6, 6.07) is 6.63. The van der Waals surface area contributed by atoms with Crippen LogP contribution >= 0.6 is 22.7 Å². The summed E-state index contributed by atoms with van der Waals surface area (Å²) in [6.45, 7) is 0.248. The van der Waals surface area contributed by atoms with Gasteiger partial charge in [-0.2, -0.15) is 0 Å². The van der Waals surface area contributed by atoms with Crippen LogP contribution in [0.2, 0.25) is 0 Å². The van der Waals surface area contributed by atoms with Crippen molar-refractivity contribution >= 4 is 44.4 Å². The summed E-state index contributed by atoms with van der Waals surface area (Å²) in [4.78, 5) is 24.9. The number of ketones is 1. The molecule has 1 amide bonds. The topological polar surface area (TPSA) is 106 Å².